The maximum Gasteiger partial charge on any atom is 0.358 e. The van der Waals surface area contributed by atoms with Crippen LogP contribution in [0.5, 0.6) is 0 Å². The fourth-order valence-electron chi connectivity index (χ4n) is 3.63. The minimum Gasteiger partial charge on any atom is -0.461 e. The van der Waals surface area contributed by atoms with E-state index < -0.39 is 7.92 Å². The number of aromatic nitrogens is 2. The van der Waals surface area contributed by atoms with Gasteiger partial charge in [-0.05, 0) is 42.4 Å². The number of hydrogen-bond donors (Lipinski definition) is 0. The van der Waals surface area contributed by atoms with Gasteiger partial charge in [0.05, 0.1) is 6.61 Å². The lowest BCUT2D eigenvalue weighted by molar-refractivity contribution is 0.0518. The second-order valence-electron chi connectivity index (χ2n) is 7.18. The minimum atomic E-state index is -0.705. The second-order valence-corrected chi connectivity index (χ2v) is 9.36. The van der Waals surface area contributed by atoms with Gasteiger partial charge in [-0.2, -0.15) is 5.10 Å². The number of hydrogen-bond acceptors (Lipinski definition) is 3. The molecule has 4 aromatic rings. The summed E-state index contributed by atoms with van der Waals surface area (Å²) in [4.78, 5) is 12.1. The van der Waals surface area contributed by atoms with Crippen LogP contribution in [0.3, 0.4) is 0 Å². The molecule has 0 saturated carbocycles. The topological polar surface area (TPSA) is 44.1 Å². The monoisotopic (exact) mass is 428 g/mol. The highest BCUT2D eigenvalue weighted by atomic mass is 31.1. The van der Waals surface area contributed by atoms with Gasteiger partial charge in [-0.25, -0.2) is 4.79 Å². The van der Waals surface area contributed by atoms with Crippen molar-refractivity contribution in [2.24, 2.45) is 7.05 Å². The number of ether oxygens (including phenoxy) is 1. The lowest BCUT2D eigenvalue weighted by atomic mass is 10.1. The standard InChI is InChI=1S/C26H25N2O2P/c1-3-30-26(29)24-19-21(28(2)27-24)18-20-12-10-11-17-25(20)31(22-13-6-4-7-14-22)23-15-8-5-9-16-23/h4-17,19H,3,18H2,1-2H3. The molecule has 5 heteroatoms. The van der Waals surface area contributed by atoms with Gasteiger partial charge in [-0.3, -0.25) is 4.68 Å². The number of carbonyl (C=O) groups excluding carboxylic acids is 1. The zero-order chi connectivity index (χ0) is 21.6. The SMILES string of the molecule is CCOC(=O)c1cc(Cc2ccccc2P(c2ccccc2)c2ccccc2)n(C)n1. The number of nitrogens with zero attached hydrogens (tertiary/aromatic N) is 2. The number of aryl methyl sites for hydroxylation is 1. The first-order valence-corrected chi connectivity index (χ1v) is 11.7. The second kappa shape index (κ2) is 9.72. The van der Waals surface area contributed by atoms with Crippen molar-refractivity contribution in [3.63, 3.8) is 0 Å². The van der Waals surface area contributed by atoms with E-state index >= 15 is 0 Å². The third kappa shape index (κ3) is 4.76. The molecule has 0 saturated heterocycles. The lowest BCUT2D eigenvalue weighted by Gasteiger charge is -2.22. The van der Waals surface area contributed by atoms with E-state index in [1.807, 2.05) is 13.1 Å². The molecule has 0 unspecified atom stereocenters. The summed E-state index contributed by atoms with van der Waals surface area (Å²) in [5, 5.41) is 8.30. The number of carbonyl (C=O) groups is 1. The summed E-state index contributed by atoms with van der Waals surface area (Å²) < 4.78 is 6.89. The van der Waals surface area contributed by atoms with Crippen molar-refractivity contribution in [3.8, 4) is 0 Å². The molecule has 0 aliphatic rings. The quantitative estimate of drug-likeness (QED) is 0.331. The highest BCUT2D eigenvalue weighted by molar-refractivity contribution is 7.79. The molecule has 31 heavy (non-hydrogen) atoms. The summed E-state index contributed by atoms with van der Waals surface area (Å²) >= 11 is 0. The molecule has 4 rings (SSSR count). The summed E-state index contributed by atoms with van der Waals surface area (Å²) in [5.74, 6) is -0.381. The van der Waals surface area contributed by atoms with Gasteiger partial charge in [0.15, 0.2) is 5.69 Å². The Morgan fingerprint density at radius 3 is 2.10 bits per heavy atom. The smallest absolute Gasteiger partial charge is 0.358 e. The Bertz CT molecular complexity index is 1120. The van der Waals surface area contributed by atoms with Crippen molar-refractivity contribution in [1.29, 1.82) is 0 Å². The van der Waals surface area contributed by atoms with E-state index in [-0.39, 0.29) is 5.97 Å². The maximum absolute atomic E-state index is 12.1. The van der Waals surface area contributed by atoms with Gasteiger partial charge in [-0.1, -0.05) is 84.9 Å². The van der Waals surface area contributed by atoms with Crippen molar-refractivity contribution in [2.45, 2.75) is 13.3 Å². The molecule has 0 aliphatic carbocycles. The van der Waals surface area contributed by atoms with Crippen molar-refractivity contribution >= 4 is 29.8 Å². The third-order valence-electron chi connectivity index (χ3n) is 5.09. The highest BCUT2D eigenvalue weighted by Crippen LogP contribution is 2.34. The Kier molecular flexibility index (Phi) is 6.59. The summed E-state index contributed by atoms with van der Waals surface area (Å²) in [5.41, 5.74) is 2.57. The van der Waals surface area contributed by atoms with Crippen LogP contribution >= 0.6 is 7.92 Å². The molecule has 0 radical (unpaired) electrons. The zero-order valence-corrected chi connectivity index (χ0v) is 18.6. The van der Waals surface area contributed by atoms with Crippen molar-refractivity contribution < 1.29 is 9.53 Å². The molecule has 0 spiro atoms. The molecule has 3 aromatic carbocycles. The van der Waals surface area contributed by atoms with E-state index in [1.54, 1.807) is 11.6 Å². The Hall–Kier alpha value is -3.23. The predicted molar refractivity (Wildman–Crippen MR) is 127 cm³/mol. The van der Waals surface area contributed by atoms with E-state index in [0.717, 1.165) is 5.69 Å². The van der Waals surface area contributed by atoms with E-state index in [2.05, 4.69) is 90.0 Å². The van der Waals surface area contributed by atoms with Crippen molar-refractivity contribution in [2.75, 3.05) is 6.61 Å². The molecule has 0 N–H and O–H groups in total. The predicted octanol–water partition coefficient (Wildman–Crippen LogP) is 3.95. The van der Waals surface area contributed by atoms with Gasteiger partial charge in [0.2, 0.25) is 0 Å². The highest BCUT2D eigenvalue weighted by Gasteiger charge is 2.21. The summed E-state index contributed by atoms with van der Waals surface area (Å²) in [7, 11) is 1.17. The van der Waals surface area contributed by atoms with Gasteiger partial charge in [-0.15, -0.1) is 0 Å². The van der Waals surface area contributed by atoms with Crippen LogP contribution < -0.4 is 15.9 Å². The summed E-state index contributed by atoms with van der Waals surface area (Å²) in [6.45, 7) is 2.14. The van der Waals surface area contributed by atoms with Crippen LogP contribution in [0, 0.1) is 0 Å². The summed E-state index contributed by atoms with van der Waals surface area (Å²) in [6.07, 6.45) is 0.692. The van der Waals surface area contributed by atoms with Gasteiger partial charge in [0.25, 0.3) is 0 Å². The molecule has 1 aromatic heterocycles. The fourth-order valence-corrected chi connectivity index (χ4v) is 6.10. The molecule has 4 nitrogen and oxygen atoms in total. The molecule has 1 heterocycles. The van der Waals surface area contributed by atoms with Crippen LogP contribution in [0.15, 0.2) is 91.0 Å². The minimum absolute atomic E-state index is 0.339. The first-order chi connectivity index (χ1) is 15.2. The van der Waals surface area contributed by atoms with Crippen LogP contribution in [0.25, 0.3) is 0 Å². The Labute approximate surface area is 184 Å². The van der Waals surface area contributed by atoms with E-state index in [9.17, 15) is 4.79 Å². The van der Waals surface area contributed by atoms with Gasteiger partial charge >= 0.3 is 5.97 Å². The Morgan fingerprint density at radius 2 is 1.48 bits per heavy atom. The molecule has 0 fully saturated rings. The average molecular weight is 428 g/mol. The Balaban J connectivity index is 1.75. The van der Waals surface area contributed by atoms with Crippen LogP contribution in [0.2, 0.25) is 0 Å². The molecule has 0 atom stereocenters. The molecule has 0 bridgehead atoms. The zero-order valence-electron chi connectivity index (χ0n) is 17.7. The number of rotatable bonds is 7. The fraction of sp³-hybridized carbons (Fsp3) is 0.154. The van der Waals surface area contributed by atoms with Crippen LogP contribution in [-0.2, 0) is 18.2 Å². The first kappa shape index (κ1) is 21.0. The average Bonchev–Trinajstić information content (AvgIpc) is 3.17. The van der Waals surface area contributed by atoms with E-state index in [0.29, 0.717) is 18.7 Å². The van der Waals surface area contributed by atoms with Gasteiger partial charge < -0.3 is 4.74 Å². The molecule has 0 aliphatic heterocycles. The summed E-state index contributed by atoms with van der Waals surface area (Å²) in [6, 6.07) is 31.8. The first-order valence-electron chi connectivity index (χ1n) is 10.4. The lowest BCUT2D eigenvalue weighted by Crippen LogP contribution is -2.23. The Morgan fingerprint density at radius 1 is 0.903 bits per heavy atom. The van der Waals surface area contributed by atoms with Crippen molar-refractivity contribution in [3.05, 3.63) is 108 Å². The van der Waals surface area contributed by atoms with Gasteiger partial charge in [0, 0.05) is 19.2 Å². The molecular weight excluding hydrogens is 403 g/mol. The largest absolute Gasteiger partial charge is 0.461 e. The normalized spacial score (nSPS) is 10.9. The third-order valence-corrected chi connectivity index (χ3v) is 7.64. The van der Waals surface area contributed by atoms with Crippen LogP contribution in [0.4, 0.5) is 0 Å². The maximum atomic E-state index is 12.1. The molecule has 0 amide bonds. The van der Waals surface area contributed by atoms with Crippen LogP contribution in [-0.4, -0.2) is 22.4 Å². The molecular formula is C26H25N2O2P. The van der Waals surface area contributed by atoms with E-state index in [4.69, 9.17) is 4.74 Å². The number of benzene rings is 3. The number of esters is 1. The van der Waals surface area contributed by atoms with E-state index in [1.165, 1.54) is 21.5 Å². The van der Waals surface area contributed by atoms with Crippen LogP contribution in [0.1, 0.15) is 28.7 Å². The molecule has 156 valence electrons. The van der Waals surface area contributed by atoms with Crippen molar-refractivity contribution in [1.82, 2.24) is 9.78 Å². The van der Waals surface area contributed by atoms with Gasteiger partial charge in [0.1, 0.15) is 0 Å².